The third-order valence-corrected chi connectivity index (χ3v) is 4.14. The van der Waals surface area contributed by atoms with Gasteiger partial charge in [0.05, 0.1) is 22.7 Å². The van der Waals surface area contributed by atoms with Gasteiger partial charge in [0.2, 0.25) is 0 Å². The number of aromatic carboxylic acids is 1. The van der Waals surface area contributed by atoms with Gasteiger partial charge in [-0.1, -0.05) is 6.07 Å². The number of carboxylic acid groups (broad SMARTS) is 1. The van der Waals surface area contributed by atoms with Crippen molar-refractivity contribution in [2.75, 3.05) is 0 Å². The molecule has 20 heavy (non-hydrogen) atoms. The molecule has 1 aliphatic carbocycles. The van der Waals surface area contributed by atoms with Crippen molar-refractivity contribution in [3.05, 3.63) is 29.6 Å². The van der Waals surface area contributed by atoms with E-state index in [2.05, 4.69) is 4.98 Å². The van der Waals surface area contributed by atoms with E-state index in [4.69, 9.17) is 0 Å². The molecule has 2 aromatic rings. The van der Waals surface area contributed by atoms with E-state index < -0.39 is 5.97 Å². The molecule has 0 amide bonds. The van der Waals surface area contributed by atoms with Gasteiger partial charge in [0.25, 0.3) is 0 Å². The predicted molar refractivity (Wildman–Crippen MR) is 74.8 cm³/mol. The molecule has 1 aromatic carbocycles. The first-order valence-electron chi connectivity index (χ1n) is 6.93. The van der Waals surface area contributed by atoms with Crippen LogP contribution in [0.3, 0.4) is 0 Å². The van der Waals surface area contributed by atoms with Crippen LogP contribution in [0.4, 0.5) is 0 Å². The zero-order chi connectivity index (χ0) is 14.3. The minimum Gasteiger partial charge on any atom is -0.478 e. The Bertz CT molecular complexity index is 662. The first kappa shape index (κ1) is 13.1. The van der Waals surface area contributed by atoms with E-state index in [9.17, 15) is 15.0 Å². The number of carboxylic acids is 1. The van der Waals surface area contributed by atoms with Crippen LogP contribution in [0.15, 0.2) is 18.2 Å². The average Bonchev–Trinajstić information content (AvgIpc) is 2.94. The van der Waals surface area contributed by atoms with Gasteiger partial charge in [-0.15, -0.1) is 0 Å². The van der Waals surface area contributed by atoms with Gasteiger partial charge in [-0.05, 0) is 44.2 Å². The fourth-order valence-electron chi connectivity index (χ4n) is 3.17. The molecule has 0 saturated heterocycles. The first-order valence-corrected chi connectivity index (χ1v) is 6.93. The summed E-state index contributed by atoms with van der Waals surface area (Å²) in [5.74, 6) is 0.293. The van der Waals surface area contributed by atoms with Crippen LogP contribution >= 0.6 is 0 Å². The van der Waals surface area contributed by atoms with Crippen LogP contribution in [-0.4, -0.2) is 31.8 Å². The van der Waals surface area contributed by atoms with Crippen molar-refractivity contribution in [1.29, 1.82) is 0 Å². The summed E-state index contributed by atoms with van der Waals surface area (Å²) in [6.07, 6.45) is 2.39. The summed E-state index contributed by atoms with van der Waals surface area (Å²) in [6.45, 7) is 2.63. The predicted octanol–water partition coefficient (Wildman–Crippen LogP) is 2.20. The molecule has 1 aliphatic rings. The van der Waals surface area contributed by atoms with Crippen molar-refractivity contribution in [3.63, 3.8) is 0 Å². The van der Waals surface area contributed by atoms with Crippen molar-refractivity contribution >= 4 is 17.0 Å². The van der Waals surface area contributed by atoms with Gasteiger partial charge in [-0.2, -0.15) is 0 Å². The number of para-hydroxylation sites is 1. The molecule has 106 valence electrons. The molecule has 1 aromatic heterocycles. The van der Waals surface area contributed by atoms with Crippen LogP contribution in [-0.2, 0) is 6.54 Å². The maximum absolute atomic E-state index is 11.4. The summed E-state index contributed by atoms with van der Waals surface area (Å²) >= 11 is 0. The Morgan fingerprint density at radius 3 is 2.90 bits per heavy atom. The van der Waals surface area contributed by atoms with Crippen LogP contribution in [0.5, 0.6) is 0 Å². The summed E-state index contributed by atoms with van der Waals surface area (Å²) < 4.78 is 1.99. The van der Waals surface area contributed by atoms with E-state index >= 15 is 0 Å². The smallest absolute Gasteiger partial charge is 0.337 e. The second-order valence-corrected chi connectivity index (χ2v) is 5.58. The molecule has 3 rings (SSSR count). The lowest BCUT2D eigenvalue weighted by atomic mass is 10.1. The number of aliphatic hydroxyl groups excluding tert-OH is 1. The molecular formula is C15H18N2O3. The fraction of sp³-hybridized carbons (Fsp3) is 0.467. The molecule has 0 bridgehead atoms. The minimum atomic E-state index is -0.928. The van der Waals surface area contributed by atoms with E-state index in [-0.39, 0.29) is 6.10 Å². The van der Waals surface area contributed by atoms with Crippen molar-refractivity contribution < 1.29 is 15.0 Å². The summed E-state index contributed by atoms with van der Waals surface area (Å²) in [5.41, 5.74) is 1.71. The van der Waals surface area contributed by atoms with E-state index in [1.807, 2.05) is 17.6 Å². The van der Waals surface area contributed by atoms with Crippen LogP contribution in [0.25, 0.3) is 11.0 Å². The Morgan fingerprint density at radius 1 is 1.45 bits per heavy atom. The summed E-state index contributed by atoms with van der Waals surface area (Å²) in [4.78, 5) is 15.8. The van der Waals surface area contributed by atoms with Crippen molar-refractivity contribution in [2.24, 2.45) is 5.92 Å². The SMILES string of the molecule is Cc1nc2cccc(C(=O)O)c2n1CC1CCC(O)C1. The number of benzene rings is 1. The Morgan fingerprint density at radius 2 is 2.25 bits per heavy atom. The number of rotatable bonds is 3. The lowest BCUT2D eigenvalue weighted by Gasteiger charge is -2.14. The lowest BCUT2D eigenvalue weighted by Crippen LogP contribution is -2.12. The van der Waals surface area contributed by atoms with Gasteiger partial charge in [-0.3, -0.25) is 0 Å². The zero-order valence-corrected chi connectivity index (χ0v) is 11.4. The molecule has 1 heterocycles. The van der Waals surface area contributed by atoms with Crippen LogP contribution in [0.2, 0.25) is 0 Å². The molecule has 0 aliphatic heterocycles. The Kier molecular flexibility index (Phi) is 3.22. The molecule has 2 atom stereocenters. The van der Waals surface area contributed by atoms with Crippen molar-refractivity contribution in [1.82, 2.24) is 9.55 Å². The molecule has 2 unspecified atom stereocenters. The molecule has 5 nitrogen and oxygen atoms in total. The second kappa shape index (κ2) is 4.90. The quantitative estimate of drug-likeness (QED) is 0.899. The highest BCUT2D eigenvalue weighted by Crippen LogP contribution is 2.29. The fourth-order valence-corrected chi connectivity index (χ4v) is 3.17. The zero-order valence-electron chi connectivity index (χ0n) is 11.4. The number of nitrogens with zero attached hydrogens (tertiary/aromatic N) is 2. The van der Waals surface area contributed by atoms with Gasteiger partial charge >= 0.3 is 5.97 Å². The van der Waals surface area contributed by atoms with Gasteiger partial charge in [0.15, 0.2) is 0 Å². The third kappa shape index (κ3) is 2.18. The highest BCUT2D eigenvalue weighted by Gasteiger charge is 2.25. The minimum absolute atomic E-state index is 0.214. The number of carbonyl (C=O) groups is 1. The number of fused-ring (bicyclic) bond motifs is 1. The number of aliphatic hydroxyl groups is 1. The normalized spacial score (nSPS) is 22.5. The van der Waals surface area contributed by atoms with Crippen LogP contribution in [0, 0.1) is 12.8 Å². The molecule has 5 heteroatoms. The standard InChI is InChI=1S/C15H18N2O3/c1-9-16-13-4-2-3-12(15(19)20)14(13)17(9)8-10-5-6-11(18)7-10/h2-4,10-11,18H,5-8H2,1H3,(H,19,20). The number of aryl methyl sites for hydroxylation is 1. The molecule has 1 fully saturated rings. The van der Waals surface area contributed by atoms with E-state index in [1.165, 1.54) is 0 Å². The van der Waals surface area contributed by atoms with Crippen molar-refractivity contribution in [2.45, 2.75) is 38.8 Å². The maximum atomic E-state index is 11.4. The third-order valence-electron chi connectivity index (χ3n) is 4.14. The monoisotopic (exact) mass is 274 g/mol. The topological polar surface area (TPSA) is 75.3 Å². The molecule has 0 spiro atoms. The Labute approximate surface area is 116 Å². The molecule has 0 radical (unpaired) electrons. The van der Waals surface area contributed by atoms with E-state index in [0.717, 1.165) is 37.1 Å². The number of hydrogen-bond acceptors (Lipinski definition) is 3. The van der Waals surface area contributed by atoms with Gasteiger partial charge in [0, 0.05) is 6.54 Å². The van der Waals surface area contributed by atoms with Gasteiger partial charge < -0.3 is 14.8 Å². The Balaban J connectivity index is 2.05. The first-order chi connectivity index (χ1) is 9.56. The maximum Gasteiger partial charge on any atom is 0.337 e. The average molecular weight is 274 g/mol. The largest absolute Gasteiger partial charge is 0.478 e. The van der Waals surface area contributed by atoms with Crippen LogP contribution < -0.4 is 0 Å². The molecular weight excluding hydrogens is 256 g/mol. The summed E-state index contributed by atoms with van der Waals surface area (Å²) in [6, 6.07) is 5.18. The summed E-state index contributed by atoms with van der Waals surface area (Å²) in [7, 11) is 0. The number of aromatic nitrogens is 2. The lowest BCUT2D eigenvalue weighted by molar-refractivity contribution is 0.0698. The van der Waals surface area contributed by atoms with Gasteiger partial charge in [0.1, 0.15) is 5.82 Å². The van der Waals surface area contributed by atoms with E-state index in [0.29, 0.717) is 17.0 Å². The number of hydrogen-bond donors (Lipinski definition) is 2. The Hall–Kier alpha value is -1.88. The van der Waals surface area contributed by atoms with Crippen LogP contribution in [0.1, 0.15) is 35.4 Å². The van der Waals surface area contributed by atoms with E-state index in [1.54, 1.807) is 12.1 Å². The molecule has 2 N–H and O–H groups in total. The highest BCUT2D eigenvalue weighted by atomic mass is 16.4. The van der Waals surface area contributed by atoms with Crippen molar-refractivity contribution in [3.8, 4) is 0 Å². The second-order valence-electron chi connectivity index (χ2n) is 5.58. The number of imidazole rings is 1. The molecule has 1 saturated carbocycles. The van der Waals surface area contributed by atoms with Gasteiger partial charge in [-0.25, -0.2) is 9.78 Å². The summed E-state index contributed by atoms with van der Waals surface area (Å²) in [5, 5.41) is 19.0. The highest BCUT2D eigenvalue weighted by molar-refractivity contribution is 6.01.